The fourth-order valence-corrected chi connectivity index (χ4v) is 1.56. The Labute approximate surface area is 127 Å². The molecule has 1 aromatic heterocycles. The van der Waals surface area contributed by atoms with Crippen molar-refractivity contribution in [3.8, 4) is 11.1 Å². The molecule has 0 atom stereocenters. The van der Waals surface area contributed by atoms with Crippen molar-refractivity contribution in [3.63, 3.8) is 0 Å². The Balaban J connectivity index is 0.000000346. The first-order chi connectivity index (χ1) is 10.2. The van der Waals surface area contributed by atoms with Crippen molar-refractivity contribution in [1.29, 1.82) is 0 Å². The molecule has 2 aromatic rings. The molecule has 0 fully saturated rings. The van der Waals surface area contributed by atoms with E-state index in [-0.39, 0.29) is 10.6 Å². The largest absolute Gasteiger partial charge is 0.726 e. The van der Waals surface area contributed by atoms with Gasteiger partial charge in [-0.2, -0.15) is 0 Å². The minimum atomic E-state index is -4.41. The average molecular weight is 326 g/mol. The van der Waals surface area contributed by atoms with Gasteiger partial charge in [-0.15, -0.1) is 0 Å². The Bertz CT molecular complexity index is 761. The highest BCUT2D eigenvalue weighted by Gasteiger charge is 2.08. The summed E-state index contributed by atoms with van der Waals surface area (Å²) in [6.45, 7) is 0. The first-order valence-electron chi connectivity index (χ1n) is 5.94. The molecule has 0 saturated heterocycles. The minimum absolute atomic E-state index is 0.115. The van der Waals surface area contributed by atoms with Gasteiger partial charge in [0.2, 0.25) is 10.4 Å². The van der Waals surface area contributed by atoms with Crippen molar-refractivity contribution in [2.45, 2.75) is 0 Å². The van der Waals surface area contributed by atoms with Crippen LogP contribution in [0.25, 0.3) is 11.1 Å². The Morgan fingerprint density at radius 2 is 1.77 bits per heavy atom. The SMILES string of the molecule is COS(=O)(=O)[O-].C[n+]1cccc(-c2cccc([N+](=O)[O-])c2)c1. The molecular weight excluding hydrogens is 312 g/mol. The molecule has 0 N–H and O–H groups in total. The first-order valence-corrected chi connectivity index (χ1v) is 7.28. The number of aromatic nitrogens is 1. The van der Waals surface area contributed by atoms with Gasteiger partial charge in [-0.3, -0.25) is 14.3 Å². The van der Waals surface area contributed by atoms with E-state index in [1.54, 1.807) is 12.1 Å². The van der Waals surface area contributed by atoms with Crippen molar-refractivity contribution in [2.24, 2.45) is 7.05 Å². The Morgan fingerprint density at radius 1 is 1.18 bits per heavy atom. The molecule has 1 heterocycles. The van der Waals surface area contributed by atoms with Crippen molar-refractivity contribution >= 4 is 16.1 Å². The smallest absolute Gasteiger partial charge is 0.270 e. The van der Waals surface area contributed by atoms with Gasteiger partial charge in [0.1, 0.15) is 7.05 Å². The lowest BCUT2D eigenvalue weighted by molar-refractivity contribution is -0.671. The van der Waals surface area contributed by atoms with E-state index in [1.165, 1.54) is 6.07 Å². The number of nitro groups is 1. The second-order valence-corrected chi connectivity index (χ2v) is 5.29. The van der Waals surface area contributed by atoms with Crippen LogP contribution in [0.4, 0.5) is 5.69 Å². The van der Waals surface area contributed by atoms with Crippen LogP contribution in [0.15, 0.2) is 48.8 Å². The molecule has 0 aliphatic rings. The van der Waals surface area contributed by atoms with E-state index < -0.39 is 10.4 Å². The summed E-state index contributed by atoms with van der Waals surface area (Å²) >= 11 is 0. The molecule has 2 rings (SSSR count). The fraction of sp³-hybridized carbons (Fsp3) is 0.154. The van der Waals surface area contributed by atoms with Gasteiger partial charge in [0.05, 0.1) is 12.0 Å². The predicted octanol–water partition coefficient (Wildman–Crippen LogP) is 1.18. The third-order valence-electron chi connectivity index (χ3n) is 2.53. The third-order valence-corrected chi connectivity index (χ3v) is 2.94. The van der Waals surface area contributed by atoms with Gasteiger partial charge >= 0.3 is 0 Å². The molecule has 22 heavy (non-hydrogen) atoms. The lowest BCUT2D eigenvalue weighted by Gasteiger charge is -1.99. The molecule has 0 saturated carbocycles. The molecule has 118 valence electrons. The summed E-state index contributed by atoms with van der Waals surface area (Å²) in [5.74, 6) is 0. The highest BCUT2D eigenvalue weighted by molar-refractivity contribution is 7.80. The van der Waals surface area contributed by atoms with Crippen LogP contribution in [-0.4, -0.2) is 25.0 Å². The highest BCUT2D eigenvalue weighted by atomic mass is 32.3. The third kappa shape index (κ3) is 5.95. The molecule has 0 aliphatic carbocycles. The van der Waals surface area contributed by atoms with Crippen molar-refractivity contribution in [1.82, 2.24) is 0 Å². The summed E-state index contributed by atoms with van der Waals surface area (Å²) in [7, 11) is -1.69. The van der Waals surface area contributed by atoms with Crippen molar-refractivity contribution in [3.05, 3.63) is 58.9 Å². The fourth-order valence-electron chi connectivity index (χ4n) is 1.56. The average Bonchev–Trinajstić information content (AvgIpc) is 2.47. The molecular formula is C13H14N2O6S. The Hall–Kier alpha value is -2.36. The maximum Gasteiger partial charge on any atom is 0.270 e. The summed E-state index contributed by atoms with van der Waals surface area (Å²) in [5, 5.41) is 10.7. The normalized spacial score (nSPS) is 10.5. The zero-order chi connectivity index (χ0) is 16.8. The molecule has 1 aromatic carbocycles. The maximum absolute atomic E-state index is 10.7. The van der Waals surface area contributed by atoms with E-state index in [1.807, 2.05) is 42.2 Å². The van der Waals surface area contributed by atoms with E-state index in [2.05, 4.69) is 4.18 Å². The monoisotopic (exact) mass is 326 g/mol. The first kappa shape index (κ1) is 17.7. The van der Waals surface area contributed by atoms with E-state index in [0.29, 0.717) is 0 Å². The van der Waals surface area contributed by atoms with Gasteiger partial charge in [-0.05, 0) is 11.6 Å². The quantitative estimate of drug-likeness (QED) is 0.275. The van der Waals surface area contributed by atoms with E-state index in [0.717, 1.165) is 18.2 Å². The summed E-state index contributed by atoms with van der Waals surface area (Å²) in [5.41, 5.74) is 1.93. The highest BCUT2D eigenvalue weighted by Crippen LogP contribution is 2.22. The van der Waals surface area contributed by atoms with Crippen LogP contribution < -0.4 is 4.57 Å². The van der Waals surface area contributed by atoms with E-state index >= 15 is 0 Å². The maximum atomic E-state index is 10.7. The zero-order valence-corrected chi connectivity index (χ0v) is 12.7. The lowest BCUT2D eigenvalue weighted by atomic mass is 10.1. The van der Waals surface area contributed by atoms with Crippen molar-refractivity contribution in [2.75, 3.05) is 7.11 Å². The van der Waals surface area contributed by atoms with Gasteiger partial charge < -0.3 is 4.55 Å². The van der Waals surface area contributed by atoms with Gasteiger partial charge in [0, 0.05) is 23.8 Å². The van der Waals surface area contributed by atoms with Crippen LogP contribution in [0.3, 0.4) is 0 Å². The molecule has 9 heteroatoms. The molecule has 0 radical (unpaired) electrons. The standard InChI is InChI=1S/C12H11N2O2.CH4O4S/c1-13-7-3-5-11(9-13)10-4-2-6-12(8-10)14(15)16;1-5-6(2,3)4/h2-9H,1H3;1H3,(H,2,3,4)/q+1;/p-1. The number of hydrogen-bond donors (Lipinski definition) is 0. The molecule has 8 nitrogen and oxygen atoms in total. The number of aryl methyl sites for hydroxylation is 1. The molecule has 0 amide bonds. The van der Waals surface area contributed by atoms with Gasteiger partial charge in [0.25, 0.3) is 5.69 Å². The van der Waals surface area contributed by atoms with Gasteiger partial charge in [0.15, 0.2) is 12.4 Å². The predicted molar refractivity (Wildman–Crippen MR) is 76.4 cm³/mol. The number of nitro benzene ring substituents is 1. The van der Waals surface area contributed by atoms with Crippen LogP contribution >= 0.6 is 0 Å². The number of rotatable bonds is 3. The zero-order valence-electron chi connectivity index (χ0n) is 11.9. The topological polar surface area (TPSA) is 113 Å². The number of hydrogen-bond acceptors (Lipinski definition) is 6. The van der Waals surface area contributed by atoms with Gasteiger partial charge in [-0.25, -0.2) is 13.0 Å². The van der Waals surface area contributed by atoms with Crippen molar-refractivity contribution < 1.29 is 26.6 Å². The Kier molecular flexibility index (Phi) is 6.11. The lowest BCUT2D eigenvalue weighted by Crippen LogP contribution is -2.26. The minimum Gasteiger partial charge on any atom is -0.726 e. The number of nitrogens with zero attached hydrogens (tertiary/aromatic N) is 2. The van der Waals surface area contributed by atoms with Crippen LogP contribution in [0.2, 0.25) is 0 Å². The van der Waals surface area contributed by atoms with E-state index in [9.17, 15) is 23.1 Å². The van der Waals surface area contributed by atoms with Crippen LogP contribution in [-0.2, 0) is 21.6 Å². The molecule has 0 unspecified atom stereocenters. The van der Waals surface area contributed by atoms with Crippen LogP contribution in [0.5, 0.6) is 0 Å². The van der Waals surface area contributed by atoms with Crippen LogP contribution in [0.1, 0.15) is 0 Å². The second-order valence-electron chi connectivity index (χ2n) is 4.14. The molecule has 0 aliphatic heterocycles. The number of pyridine rings is 1. The summed E-state index contributed by atoms with van der Waals surface area (Å²) in [6.07, 6.45) is 3.85. The summed E-state index contributed by atoms with van der Waals surface area (Å²) < 4.78 is 32.9. The number of non-ortho nitro benzene ring substituents is 1. The van der Waals surface area contributed by atoms with Crippen LogP contribution in [0, 0.1) is 10.1 Å². The second kappa shape index (κ2) is 7.59. The summed E-state index contributed by atoms with van der Waals surface area (Å²) in [6, 6.07) is 10.5. The number of benzene rings is 1. The molecule has 0 bridgehead atoms. The Morgan fingerprint density at radius 3 is 2.27 bits per heavy atom. The summed E-state index contributed by atoms with van der Waals surface area (Å²) in [4.78, 5) is 10.3. The molecule has 0 spiro atoms. The van der Waals surface area contributed by atoms with Gasteiger partial charge in [-0.1, -0.05) is 12.1 Å². The van der Waals surface area contributed by atoms with E-state index in [4.69, 9.17) is 0 Å².